The minimum absolute atomic E-state index is 0.302. The summed E-state index contributed by atoms with van der Waals surface area (Å²) in [4.78, 5) is 13.7. The first-order chi connectivity index (χ1) is 8.04. The highest BCUT2D eigenvalue weighted by Gasteiger charge is 2.13. The minimum atomic E-state index is -0.302. The molecule has 0 N–H and O–H groups in total. The normalized spacial score (nSPS) is 11.2. The molecule has 0 spiro atoms. The zero-order valence-electron chi connectivity index (χ0n) is 10.2. The van der Waals surface area contributed by atoms with Gasteiger partial charge in [0.25, 0.3) is 0 Å². The third kappa shape index (κ3) is 4.23. The summed E-state index contributed by atoms with van der Waals surface area (Å²) in [5.41, 5.74) is 1.41. The maximum absolute atomic E-state index is 11.8. The average Bonchev–Trinajstić information content (AvgIpc) is 2.27. The van der Waals surface area contributed by atoms with Crippen molar-refractivity contribution < 1.29 is 9.53 Å². The lowest BCUT2D eigenvalue weighted by Crippen LogP contribution is -2.11. The first-order valence-corrected chi connectivity index (χ1v) is 6.15. The van der Waals surface area contributed by atoms with Crippen molar-refractivity contribution >= 4 is 27.5 Å². The average molecular weight is 298 g/mol. The molecule has 17 heavy (non-hydrogen) atoms. The van der Waals surface area contributed by atoms with Crippen LogP contribution in [0.15, 0.2) is 34.9 Å². The second-order valence-electron chi connectivity index (χ2n) is 3.73. The fourth-order valence-electron chi connectivity index (χ4n) is 1.34. The number of halogens is 1. The van der Waals surface area contributed by atoms with Gasteiger partial charge in [0.05, 0.1) is 12.2 Å². The van der Waals surface area contributed by atoms with Crippen LogP contribution in [0.5, 0.6) is 0 Å². The number of nitrogens with zero attached hydrogens (tertiary/aromatic N) is 1. The van der Waals surface area contributed by atoms with Gasteiger partial charge < -0.3 is 9.64 Å². The van der Waals surface area contributed by atoms with Gasteiger partial charge in [0.15, 0.2) is 0 Å². The van der Waals surface area contributed by atoms with E-state index in [4.69, 9.17) is 4.74 Å². The second kappa shape index (κ2) is 6.45. The topological polar surface area (TPSA) is 29.5 Å². The van der Waals surface area contributed by atoms with Crippen molar-refractivity contribution in [2.75, 3.05) is 20.7 Å². The number of benzene rings is 1. The Morgan fingerprint density at radius 2 is 1.94 bits per heavy atom. The zero-order chi connectivity index (χ0) is 12.8. The number of ether oxygens (including phenoxy) is 1. The molecule has 0 aliphatic carbocycles. The Balaban J connectivity index is 3.06. The Labute approximate surface area is 110 Å². The minimum Gasteiger partial charge on any atom is -0.462 e. The van der Waals surface area contributed by atoms with Gasteiger partial charge in [-0.15, -0.1) is 0 Å². The van der Waals surface area contributed by atoms with Gasteiger partial charge in [-0.1, -0.05) is 28.1 Å². The molecule has 0 bridgehead atoms. The summed E-state index contributed by atoms with van der Waals surface area (Å²) in [5.74, 6) is -0.302. The summed E-state index contributed by atoms with van der Waals surface area (Å²) >= 11 is 3.37. The van der Waals surface area contributed by atoms with Crippen LogP contribution in [0, 0.1) is 0 Å². The van der Waals surface area contributed by atoms with Crippen molar-refractivity contribution in [2.24, 2.45) is 0 Å². The quantitative estimate of drug-likeness (QED) is 0.632. The maximum Gasteiger partial charge on any atom is 0.340 e. The molecule has 1 aromatic rings. The molecule has 0 fully saturated rings. The number of carbonyl (C=O) groups is 1. The summed E-state index contributed by atoms with van der Waals surface area (Å²) in [6, 6.07) is 7.57. The van der Waals surface area contributed by atoms with E-state index in [0.29, 0.717) is 12.2 Å². The number of carbonyl (C=O) groups excluding carboxylic acids is 1. The molecule has 0 saturated heterocycles. The number of rotatable bonds is 4. The van der Waals surface area contributed by atoms with Gasteiger partial charge in [-0.3, -0.25) is 0 Å². The molecule has 3 nitrogen and oxygen atoms in total. The van der Waals surface area contributed by atoms with Crippen molar-refractivity contribution in [1.29, 1.82) is 0 Å². The molecular formula is C13H16BrNO2. The van der Waals surface area contributed by atoms with Gasteiger partial charge in [-0.25, -0.2) is 4.79 Å². The van der Waals surface area contributed by atoms with Crippen LogP contribution in [0.4, 0.5) is 0 Å². The van der Waals surface area contributed by atoms with Gasteiger partial charge in [0.1, 0.15) is 0 Å². The lowest BCUT2D eigenvalue weighted by atomic mass is 10.1. The molecule has 0 aliphatic heterocycles. The number of hydrogen-bond donors (Lipinski definition) is 0. The third-order valence-electron chi connectivity index (χ3n) is 2.04. The summed E-state index contributed by atoms with van der Waals surface area (Å²) < 4.78 is 6.02. The van der Waals surface area contributed by atoms with E-state index in [1.807, 2.05) is 43.3 Å². The van der Waals surface area contributed by atoms with Crippen molar-refractivity contribution in [3.05, 3.63) is 40.5 Å². The van der Waals surface area contributed by atoms with Crippen molar-refractivity contribution in [1.82, 2.24) is 4.90 Å². The number of esters is 1. The van der Waals surface area contributed by atoms with E-state index in [0.717, 1.165) is 10.0 Å². The van der Waals surface area contributed by atoms with Gasteiger partial charge in [-0.05, 0) is 24.6 Å². The maximum atomic E-state index is 11.8. The van der Waals surface area contributed by atoms with E-state index in [-0.39, 0.29) is 5.97 Å². The molecule has 92 valence electrons. The lowest BCUT2D eigenvalue weighted by Gasteiger charge is -2.11. The molecular weight excluding hydrogens is 282 g/mol. The second-order valence-corrected chi connectivity index (χ2v) is 4.65. The van der Waals surface area contributed by atoms with E-state index < -0.39 is 0 Å². The van der Waals surface area contributed by atoms with E-state index in [1.54, 1.807) is 13.1 Å². The van der Waals surface area contributed by atoms with E-state index in [2.05, 4.69) is 15.9 Å². The first kappa shape index (κ1) is 13.8. The molecule has 0 amide bonds. The zero-order valence-corrected chi connectivity index (χ0v) is 11.8. The Bertz CT molecular complexity index is 410. The fourth-order valence-corrected chi connectivity index (χ4v) is 1.61. The van der Waals surface area contributed by atoms with Gasteiger partial charge in [0, 0.05) is 24.8 Å². The van der Waals surface area contributed by atoms with Crippen LogP contribution in [0.3, 0.4) is 0 Å². The first-order valence-electron chi connectivity index (χ1n) is 5.36. The van der Waals surface area contributed by atoms with Crippen LogP contribution < -0.4 is 0 Å². The molecule has 0 aliphatic rings. The van der Waals surface area contributed by atoms with Crippen LogP contribution in [0.1, 0.15) is 12.5 Å². The van der Waals surface area contributed by atoms with E-state index in [1.165, 1.54) is 0 Å². The van der Waals surface area contributed by atoms with Crippen molar-refractivity contribution in [3.63, 3.8) is 0 Å². The number of hydrogen-bond acceptors (Lipinski definition) is 3. The molecule has 0 atom stereocenters. The van der Waals surface area contributed by atoms with Crippen LogP contribution >= 0.6 is 15.9 Å². The summed E-state index contributed by atoms with van der Waals surface area (Å²) in [6.07, 6.45) is 1.77. The van der Waals surface area contributed by atoms with Gasteiger partial charge in [0.2, 0.25) is 0 Å². The predicted octanol–water partition coefficient (Wildman–Crippen LogP) is 2.91. The van der Waals surface area contributed by atoms with Crippen molar-refractivity contribution in [3.8, 4) is 0 Å². The molecule has 0 aromatic heterocycles. The summed E-state index contributed by atoms with van der Waals surface area (Å²) in [6.45, 7) is 2.17. The standard InChI is InChI=1S/C13H16BrNO2/c1-4-17-13(16)12(9-15(2)3)10-5-7-11(14)8-6-10/h5-9H,4H2,1-3H3/b12-9-. The highest BCUT2D eigenvalue weighted by atomic mass is 79.9. The Kier molecular flexibility index (Phi) is 5.22. The molecule has 0 radical (unpaired) electrons. The molecule has 1 rings (SSSR count). The van der Waals surface area contributed by atoms with Gasteiger partial charge >= 0.3 is 5.97 Å². The van der Waals surface area contributed by atoms with Crippen LogP contribution in [-0.2, 0) is 9.53 Å². The van der Waals surface area contributed by atoms with E-state index in [9.17, 15) is 4.79 Å². The molecule has 4 heteroatoms. The van der Waals surface area contributed by atoms with Crippen LogP contribution in [-0.4, -0.2) is 31.6 Å². The fraction of sp³-hybridized carbons (Fsp3) is 0.308. The highest BCUT2D eigenvalue weighted by molar-refractivity contribution is 9.10. The Morgan fingerprint density at radius 1 is 1.35 bits per heavy atom. The van der Waals surface area contributed by atoms with E-state index >= 15 is 0 Å². The summed E-state index contributed by atoms with van der Waals surface area (Å²) in [7, 11) is 3.75. The lowest BCUT2D eigenvalue weighted by molar-refractivity contribution is -0.136. The third-order valence-corrected chi connectivity index (χ3v) is 2.57. The van der Waals surface area contributed by atoms with Crippen LogP contribution in [0.25, 0.3) is 5.57 Å². The Morgan fingerprint density at radius 3 is 2.41 bits per heavy atom. The molecule has 0 saturated carbocycles. The highest BCUT2D eigenvalue weighted by Crippen LogP contribution is 2.19. The SMILES string of the molecule is CCOC(=O)/C(=C\N(C)C)c1ccc(Br)cc1. The molecule has 0 heterocycles. The molecule has 1 aromatic carbocycles. The summed E-state index contributed by atoms with van der Waals surface area (Å²) in [5, 5.41) is 0. The monoisotopic (exact) mass is 297 g/mol. The predicted molar refractivity (Wildman–Crippen MR) is 72.4 cm³/mol. The van der Waals surface area contributed by atoms with Crippen LogP contribution in [0.2, 0.25) is 0 Å². The van der Waals surface area contributed by atoms with Crippen molar-refractivity contribution in [2.45, 2.75) is 6.92 Å². The molecule has 0 unspecified atom stereocenters. The Hall–Kier alpha value is -1.29. The smallest absolute Gasteiger partial charge is 0.340 e. The largest absolute Gasteiger partial charge is 0.462 e. The van der Waals surface area contributed by atoms with Gasteiger partial charge in [-0.2, -0.15) is 0 Å².